The zero-order valence-corrected chi connectivity index (χ0v) is 17.2. The number of fused-ring (bicyclic) bond motifs is 3. The Balaban J connectivity index is 1.71. The number of oxazole rings is 1. The van der Waals surface area contributed by atoms with Gasteiger partial charge in [-0.1, -0.05) is 35.3 Å². The van der Waals surface area contributed by atoms with Gasteiger partial charge in [0.2, 0.25) is 0 Å². The highest BCUT2D eigenvalue weighted by molar-refractivity contribution is 6.30. The second-order valence-electron chi connectivity index (χ2n) is 6.90. The highest BCUT2D eigenvalue weighted by Gasteiger charge is 2.20. The number of aryl methyl sites for hydroxylation is 1. The summed E-state index contributed by atoms with van der Waals surface area (Å²) >= 11 is 11.9. The predicted octanol–water partition coefficient (Wildman–Crippen LogP) is 3.96. The lowest BCUT2D eigenvalue weighted by atomic mass is 10.2. The van der Waals surface area contributed by atoms with Crippen molar-refractivity contribution in [3.8, 4) is 11.3 Å². The fourth-order valence-corrected chi connectivity index (χ4v) is 3.66. The molecule has 0 bridgehead atoms. The second kappa shape index (κ2) is 6.90. The average Bonchev–Trinajstić information content (AvgIpc) is 3.30. The summed E-state index contributed by atoms with van der Waals surface area (Å²) in [5, 5.41) is 1.20. The molecule has 0 aliphatic heterocycles. The molecule has 0 N–H and O–H groups in total. The Hall–Kier alpha value is -3.29. The van der Waals surface area contributed by atoms with Gasteiger partial charge in [-0.05, 0) is 42.0 Å². The minimum atomic E-state index is -0.457. The van der Waals surface area contributed by atoms with Crippen LogP contribution in [0.2, 0.25) is 10.0 Å². The molecule has 5 rings (SSSR count). The van der Waals surface area contributed by atoms with Crippen LogP contribution in [0.4, 0.5) is 0 Å². The molecular weight excluding hydrogens is 427 g/mol. The second-order valence-corrected chi connectivity index (χ2v) is 7.77. The van der Waals surface area contributed by atoms with Gasteiger partial charge in [-0.3, -0.25) is 18.3 Å². The fraction of sp³-hybridized carbons (Fsp3) is 0.0952. The molecule has 0 radical (unpaired) electrons. The monoisotopic (exact) mass is 440 g/mol. The van der Waals surface area contributed by atoms with E-state index in [4.69, 9.17) is 27.6 Å². The van der Waals surface area contributed by atoms with Crippen molar-refractivity contribution in [2.24, 2.45) is 7.05 Å². The molecule has 9 heteroatoms. The summed E-state index contributed by atoms with van der Waals surface area (Å²) in [6.07, 6.45) is 1.69. The average molecular weight is 441 g/mol. The molecule has 0 spiro atoms. The summed E-state index contributed by atoms with van der Waals surface area (Å²) in [4.78, 5) is 30.4. The molecule has 2 aromatic carbocycles. The van der Waals surface area contributed by atoms with E-state index in [0.717, 1.165) is 11.1 Å². The van der Waals surface area contributed by atoms with E-state index in [2.05, 4.69) is 4.98 Å². The number of hydrogen-bond donors (Lipinski definition) is 0. The van der Waals surface area contributed by atoms with Crippen molar-refractivity contribution in [2.75, 3.05) is 0 Å². The van der Waals surface area contributed by atoms with Gasteiger partial charge in [-0.25, -0.2) is 4.79 Å². The van der Waals surface area contributed by atoms with Crippen molar-refractivity contribution in [3.05, 3.63) is 91.2 Å². The fourth-order valence-electron chi connectivity index (χ4n) is 3.41. The third kappa shape index (κ3) is 2.94. The number of rotatable bonds is 3. The van der Waals surface area contributed by atoms with Crippen molar-refractivity contribution in [3.63, 3.8) is 0 Å². The third-order valence-electron chi connectivity index (χ3n) is 4.97. The first-order valence-electron chi connectivity index (χ1n) is 9.04. The Morgan fingerprint density at radius 1 is 0.967 bits per heavy atom. The van der Waals surface area contributed by atoms with Crippen LogP contribution in [0.25, 0.3) is 28.3 Å². The molecule has 30 heavy (non-hydrogen) atoms. The van der Waals surface area contributed by atoms with Crippen molar-refractivity contribution >= 4 is 40.2 Å². The first-order valence-corrected chi connectivity index (χ1v) is 9.80. The Bertz CT molecular complexity index is 1520. The molecule has 0 aliphatic rings. The maximum atomic E-state index is 13.2. The number of halogens is 2. The van der Waals surface area contributed by atoms with Gasteiger partial charge in [-0.2, -0.15) is 4.98 Å². The van der Waals surface area contributed by atoms with E-state index in [0.29, 0.717) is 15.8 Å². The van der Waals surface area contributed by atoms with Gasteiger partial charge < -0.3 is 4.42 Å². The molecule has 0 unspecified atom stereocenters. The molecule has 0 fully saturated rings. The molecule has 5 aromatic rings. The number of imidazole rings is 1. The minimum Gasteiger partial charge on any atom is -0.423 e. The zero-order valence-electron chi connectivity index (χ0n) is 15.7. The highest BCUT2D eigenvalue weighted by atomic mass is 35.5. The molecule has 0 atom stereocenters. The first-order chi connectivity index (χ1) is 14.4. The molecule has 3 aromatic heterocycles. The van der Waals surface area contributed by atoms with Crippen LogP contribution in [-0.2, 0) is 13.6 Å². The summed E-state index contributed by atoms with van der Waals surface area (Å²) in [5.41, 5.74) is 1.21. The topological polar surface area (TPSA) is 74.4 Å². The van der Waals surface area contributed by atoms with Gasteiger partial charge >= 0.3 is 11.5 Å². The van der Waals surface area contributed by atoms with E-state index in [-0.39, 0.29) is 23.6 Å². The van der Waals surface area contributed by atoms with Gasteiger partial charge in [0.25, 0.3) is 5.56 Å². The molecule has 3 heterocycles. The summed E-state index contributed by atoms with van der Waals surface area (Å²) in [5.74, 6) is 0.764. The van der Waals surface area contributed by atoms with Gasteiger partial charge in [-0.15, -0.1) is 0 Å². The standard InChI is InChI=1S/C21H14Cl2N4O3/c1-25-18-17(19(28)27(21(25)29)10-12-2-6-14(22)7-3-12)26-11-16(30-20(26)24-18)13-4-8-15(23)9-5-13/h2-9,11H,10H2,1H3. The maximum absolute atomic E-state index is 13.2. The lowest BCUT2D eigenvalue weighted by molar-refractivity contribution is 0.610. The van der Waals surface area contributed by atoms with E-state index in [1.54, 1.807) is 54.0 Å². The number of hydrogen-bond acceptors (Lipinski definition) is 4. The van der Waals surface area contributed by atoms with Gasteiger partial charge in [0, 0.05) is 22.7 Å². The van der Waals surface area contributed by atoms with Crippen LogP contribution in [0.3, 0.4) is 0 Å². The van der Waals surface area contributed by atoms with Crippen LogP contribution in [0.1, 0.15) is 5.56 Å². The Kier molecular flexibility index (Phi) is 4.30. The van der Waals surface area contributed by atoms with Gasteiger partial charge in [0.1, 0.15) is 0 Å². The predicted molar refractivity (Wildman–Crippen MR) is 115 cm³/mol. The van der Waals surface area contributed by atoms with Gasteiger partial charge in [0.05, 0.1) is 12.7 Å². The molecule has 0 saturated carbocycles. The number of nitrogens with zero attached hydrogens (tertiary/aromatic N) is 4. The SMILES string of the molecule is Cn1c(=O)n(Cc2ccc(Cl)cc2)c(=O)c2c1nc1oc(-c3ccc(Cl)cc3)cn12. The van der Waals surface area contributed by atoms with E-state index in [1.807, 2.05) is 12.1 Å². The summed E-state index contributed by atoms with van der Waals surface area (Å²) in [7, 11) is 1.58. The molecule has 7 nitrogen and oxygen atoms in total. The van der Waals surface area contributed by atoms with Crippen LogP contribution < -0.4 is 11.2 Å². The number of benzene rings is 2. The van der Waals surface area contributed by atoms with E-state index in [9.17, 15) is 9.59 Å². The lowest BCUT2D eigenvalue weighted by Crippen LogP contribution is -2.39. The first kappa shape index (κ1) is 18.7. The molecule has 150 valence electrons. The summed E-state index contributed by atoms with van der Waals surface area (Å²) in [6, 6.07) is 14.1. The molecular formula is C21H14Cl2N4O3. The normalized spacial score (nSPS) is 11.6. The van der Waals surface area contributed by atoms with Crippen LogP contribution in [0, 0.1) is 0 Å². The van der Waals surface area contributed by atoms with E-state index < -0.39 is 11.2 Å². The van der Waals surface area contributed by atoms with Crippen molar-refractivity contribution in [2.45, 2.75) is 6.54 Å². The summed E-state index contributed by atoms with van der Waals surface area (Å²) < 4.78 is 9.92. The zero-order chi connectivity index (χ0) is 21.0. The van der Waals surface area contributed by atoms with Crippen molar-refractivity contribution in [1.82, 2.24) is 18.5 Å². The third-order valence-corrected chi connectivity index (χ3v) is 5.48. The van der Waals surface area contributed by atoms with Crippen LogP contribution in [-0.4, -0.2) is 18.5 Å². The van der Waals surface area contributed by atoms with Crippen molar-refractivity contribution in [1.29, 1.82) is 0 Å². The largest absolute Gasteiger partial charge is 0.423 e. The molecule has 0 saturated heterocycles. The quantitative estimate of drug-likeness (QED) is 0.425. The highest BCUT2D eigenvalue weighted by Crippen LogP contribution is 2.25. The van der Waals surface area contributed by atoms with E-state index >= 15 is 0 Å². The smallest absolute Gasteiger partial charge is 0.332 e. The Labute approximate surface area is 179 Å². The number of aromatic nitrogens is 4. The van der Waals surface area contributed by atoms with Gasteiger partial charge in [0.15, 0.2) is 16.9 Å². The van der Waals surface area contributed by atoms with E-state index in [1.165, 1.54) is 9.13 Å². The minimum absolute atomic E-state index is 0.119. The van der Waals surface area contributed by atoms with Crippen LogP contribution >= 0.6 is 23.2 Å². The molecule has 0 amide bonds. The Morgan fingerprint density at radius 3 is 2.27 bits per heavy atom. The van der Waals surface area contributed by atoms with Crippen LogP contribution in [0.5, 0.6) is 0 Å². The lowest BCUT2D eigenvalue weighted by Gasteiger charge is -2.08. The Morgan fingerprint density at radius 2 is 1.60 bits per heavy atom. The maximum Gasteiger partial charge on any atom is 0.332 e. The molecule has 0 aliphatic carbocycles. The summed E-state index contributed by atoms with van der Waals surface area (Å²) in [6.45, 7) is 0.119. The van der Waals surface area contributed by atoms with Crippen molar-refractivity contribution < 1.29 is 4.42 Å². The van der Waals surface area contributed by atoms with Crippen LogP contribution in [0.15, 0.2) is 68.7 Å².